The number of carbonyl (C=O) groups is 1. The molecule has 0 saturated heterocycles. The summed E-state index contributed by atoms with van der Waals surface area (Å²) >= 11 is 12.1. The summed E-state index contributed by atoms with van der Waals surface area (Å²) in [6.07, 6.45) is 0. The summed E-state index contributed by atoms with van der Waals surface area (Å²) in [5.74, 6) is 0.702. The summed E-state index contributed by atoms with van der Waals surface area (Å²) in [5, 5.41) is 3.61. The Kier molecular flexibility index (Phi) is 6.91. The summed E-state index contributed by atoms with van der Waals surface area (Å²) in [6, 6.07) is 13.0. The van der Waals surface area contributed by atoms with E-state index in [0.717, 1.165) is 16.2 Å². The first-order valence-corrected chi connectivity index (χ1v) is 8.46. The first-order valence-electron chi connectivity index (χ1n) is 7.70. The smallest absolute Gasteiger partial charge is 0.279 e. The maximum absolute atomic E-state index is 12.1. The van der Waals surface area contributed by atoms with E-state index in [1.54, 1.807) is 18.2 Å². The Hall–Kier alpha value is -1.75. The van der Waals surface area contributed by atoms with Crippen molar-refractivity contribution < 1.29 is 14.4 Å². The van der Waals surface area contributed by atoms with E-state index in [9.17, 15) is 4.79 Å². The van der Waals surface area contributed by atoms with Gasteiger partial charge in [-0.05, 0) is 36.8 Å². The lowest BCUT2D eigenvalue weighted by atomic mass is 10.2. The van der Waals surface area contributed by atoms with Gasteiger partial charge in [-0.2, -0.15) is 0 Å². The second-order valence-electron chi connectivity index (χ2n) is 5.69. The Labute approximate surface area is 152 Å². The molecule has 2 rings (SSSR count). The molecule has 2 aromatic rings. The SMILES string of the molecule is Cc1cccc(OCC[NH+](C)CC(=O)Nc2c(Cl)cccc2Cl)c1. The fraction of sp³-hybridized carbons (Fsp3) is 0.278. The third kappa shape index (κ3) is 5.71. The zero-order valence-corrected chi connectivity index (χ0v) is 15.2. The van der Waals surface area contributed by atoms with E-state index in [4.69, 9.17) is 27.9 Å². The van der Waals surface area contributed by atoms with Gasteiger partial charge in [-0.1, -0.05) is 41.4 Å². The number of para-hydroxylation sites is 1. The third-order valence-electron chi connectivity index (χ3n) is 3.48. The van der Waals surface area contributed by atoms with E-state index < -0.39 is 0 Å². The second-order valence-corrected chi connectivity index (χ2v) is 6.51. The molecule has 128 valence electrons. The summed E-state index contributed by atoms with van der Waals surface area (Å²) in [4.78, 5) is 13.1. The summed E-state index contributed by atoms with van der Waals surface area (Å²) in [7, 11) is 1.94. The molecule has 0 spiro atoms. The number of aryl methyl sites for hydroxylation is 1. The van der Waals surface area contributed by atoms with Crippen molar-refractivity contribution in [2.75, 3.05) is 32.1 Å². The standard InChI is InChI=1S/C18H20Cl2N2O2/c1-13-5-3-6-14(11-13)24-10-9-22(2)12-17(23)21-18-15(19)7-4-8-16(18)20/h3-8,11H,9-10,12H2,1-2H3,(H,21,23)/p+1. The quantitative estimate of drug-likeness (QED) is 0.789. The van der Waals surface area contributed by atoms with Gasteiger partial charge in [0.1, 0.15) is 18.9 Å². The molecule has 0 heterocycles. The number of hydrogen-bond acceptors (Lipinski definition) is 2. The van der Waals surface area contributed by atoms with Crippen LogP contribution in [0.25, 0.3) is 0 Å². The van der Waals surface area contributed by atoms with Crippen LogP contribution in [0.15, 0.2) is 42.5 Å². The van der Waals surface area contributed by atoms with Crippen LogP contribution in [-0.4, -0.2) is 32.7 Å². The van der Waals surface area contributed by atoms with Crippen LogP contribution < -0.4 is 15.0 Å². The number of ether oxygens (including phenoxy) is 1. The van der Waals surface area contributed by atoms with Gasteiger partial charge < -0.3 is 15.0 Å². The zero-order chi connectivity index (χ0) is 17.5. The summed E-state index contributed by atoms with van der Waals surface area (Å²) in [6.45, 7) is 3.57. The molecule has 0 aromatic heterocycles. The molecule has 0 bridgehead atoms. The van der Waals surface area contributed by atoms with Gasteiger partial charge in [0.05, 0.1) is 22.8 Å². The van der Waals surface area contributed by atoms with E-state index >= 15 is 0 Å². The predicted molar refractivity (Wildman–Crippen MR) is 98.4 cm³/mol. The molecule has 2 aromatic carbocycles. The minimum atomic E-state index is -0.141. The van der Waals surface area contributed by atoms with E-state index in [-0.39, 0.29) is 5.91 Å². The number of amides is 1. The first kappa shape index (κ1) is 18.6. The van der Waals surface area contributed by atoms with Gasteiger partial charge in [0.15, 0.2) is 6.54 Å². The topological polar surface area (TPSA) is 42.8 Å². The normalized spacial score (nSPS) is 11.8. The first-order chi connectivity index (χ1) is 11.5. The number of quaternary nitrogens is 1. The largest absolute Gasteiger partial charge is 0.488 e. The van der Waals surface area contributed by atoms with Crippen LogP contribution in [0.5, 0.6) is 5.75 Å². The molecule has 0 aliphatic heterocycles. The molecule has 1 unspecified atom stereocenters. The van der Waals surface area contributed by atoms with Gasteiger partial charge in [0, 0.05) is 0 Å². The van der Waals surface area contributed by atoms with Crippen LogP contribution in [0.1, 0.15) is 5.56 Å². The van der Waals surface area contributed by atoms with Crippen molar-refractivity contribution in [3.63, 3.8) is 0 Å². The number of benzene rings is 2. The van der Waals surface area contributed by atoms with E-state index in [1.165, 1.54) is 0 Å². The summed E-state index contributed by atoms with van der Waals surface area (Å²) < 4.78 is 5.70. The summed E-state index contributed by atoms with van der Waals surface area (Å²) in [5.41, 5.74) is 1.61. The van der Waals surface area contributed by atoms with Crippen molar-refractivity contribution in [1.29, 1.82) is 0 Å². The number of halogens is 2. The number of anilines is 1. The maximum atomic E-state index is 12.1. The molecule has 0 radical (unpaired) electrons. The molecule has 0 fully saturated rings. The van der Waals surface area contributed by atoms with E-state index in [2.05, 4.69) is 5.32 Å². The molecule has 24 heavy (non-hydrogen) atoms. The fourth-order valence-corrected chi connectivity index (χ4v) is 2.70. The molecule has 0 aliphatic rings. The number of carbonyl (C=O) groups excluding carboxylic acids is 1. The molecule has 6 heteroatoms. The lowest BCUT2D eigenvalue weighted by molar-refractivity contribution is -0.871. The lowest BCUT2D eigenvalue weighted by Gasteiger charge is -2.15. The van der Waals surface area contributed by atoms with Crippen molar-refractivity contribution in [3.8, 4) is 5.75 Å². The molecule has 1 atom stereocenters. The molecule has 1 amide bonds. The maximum Gasteiger partial charge on any atom is 0.279 e. The van der Waals surface area contributed by atoms with Gasteiger partial charge >= 0.3 is 0 Å². The number of nitrogens with one attached hydrogen (secondary N) is 2. The van der Waals surface area contributed by atoms with Gasteiger partial charge in [0.2, 0.25) is 0 Å². The van der Waals surface area contributed by atoms with E-state index in [0.29, 0.717) is 35.4 Å². The van der Waals surface area contributed by atoms with Crippen LogP contribution in [-0.2, 0) is 4.79 Å². The van der Waals surface area contributed by atoms with Crippen LogP contribution in [0.3, 0.4) is 0 Å². The Bertz CT molecular complexity index is 687. The Morgan fingerprint density at radius 3 is 2.50 bits per heavy atom. The minimum Gasteiger partial charge on any atom is -0.488 e. The average Bonchev–Trinajstić information content (AvgIpc) is 2.51. The predicted octanol–water partition coefficient (Wildman–Crippen LogP) is 2.83. The van der Waals surface area contributed by atoms with Gasteiger partial charge in [-0.15, -0.1) is 0 Å². The van der Waals surface area contributed by atoms with Crippen molar-refractivity contribution in [2.24, 2.45) is 0 Å². The lowest BCUT2D eigenvalue weighted by Crippen LogP contribution is -3.10. The van der Waals surface area contributed by atoms with Crippen molar-refractivity contribution in [2.45, 2.75) is 6.92 Å². The molecule has 0 saturated carbocycles. The van der Waals surface area contributed by atoms with Crippen LogP contribution in [0.4, 0.5) is 5.69 Å². The van der Waals surface area contributed by atoms with Crippen LogP contribution >= 0.6 is 23.2 Å². The van der Waals surface area contributed by atoms with Crippen molar-refractivity contribution in [1.82, 2.24) is 0 Å². The number of hydrogen-bond donors (Lipinski definition) is 2. The molecular formula is C18H21Cl2N2O2+. The third-order valence-corrected chi connectivity index (χ3v) is 4.11. The van der Waals surface area contributed by atoms with Crippen molar-refractivity contribution >= 4 is 34.8 Å². The van der Waals surface area contributed by atoms with Crippen molar-refractivity contribution in [3.05, 3.63) is 58.1 Å². The molecule has 0 aliphatic carbocycles. The minimum absolute atomic E-state index is 0.141. The van der Waals surface area contributed by atoms with Gasteiger partial charge in [-0.25, -0.2) is 0 Å². The monoisotopic (exact) mass is 367 g/mol. The average molecular weight is 368 g/mol. The Morgan fingerprint density at radius 2 is 1.83 bits per heavy atom. The highest BCUT2D eigenvalue weighted by atomic mass is 35.5. The van der Waals surface area contributed by atoms with Crippen LogP contribution in [0.2, 0.25) is 10.0 Å². The van der Waals surface area contributed by atoms with Crippen LogP contribution in [0, 0.1) is 6.92 Å². The molecule has 2 N–H and O–H groups in total. The van der Waals surface area contributed by atoms with Gasteiger partial charge in [0.25, 0.3) is 5.91 Å². The fourth-order valence-electron chi connectivity index (χ4n) is 2.21. The highest BCUT2D eigenvalue weighted by molar-refractivity contribution is 6.39. The van der Waals surface area contributed by atoms with Gasteiger partial charge in [-0.3, -0.25) is 4.79 Å². The number of likely N-dealkylation sites (N-methyl/N-ethyl adjacent to an activating group) is 1. The molecular weight excluding hydrogens is 347 g/mol. The number of rotatable bonds is 7. The second kappa shape index (κ2) is 8.92. The zero-order valence-electron chi connectivity index (χ0n) is 13.7. The molecule has 4 nitrogen and oxygen atoms in total. The Balaban J connectivity index is 1.77. The highest BCUT2D eigenvalue weighted by Crippen LogP contribution is 2.29. The Morgan fingerprint density at radius 1 is 1.17 bits per heavy atom. The highest BCUT2D eigenvalue weighted by Gasteiger charge is 2.13. The van der Waals surface area contributed by atoms with E-state index in [1.807, 2.05) is 38.2 Å².